The molecule has 504 valence electrons. The Bertz CT molecular complexity index is 1650. The van der Waals surface area contributed by atoms with Crippen molar-refractivity contribution >= 4 is 39.5 Å². The minimum absolute atomic E-state index is 0.106. The molecule has 0 rings (SSSR count). The molecular formula is C66H128O17P2. The van der Waals surface area contributed by atoms with Gasteiger partial charge in [-0.3, -0.25) is 37.3 Å². The van der Waals surface area contributed by atoms with Crippen LogP contribution in [0.1, 0.15) is 336 Å². The Kier molecular flexibility index (Phi) is 58.3. The molecule has 0 aromatic heterocycles. The average Bonchev–Trinajstić information content (AvgIpc) is 3.51. The van der Waals surface area contributed by atoms with Gasteiger partial charge in [-0.1, -0.05) is 285 Å². The highest BCUT2D eigenvalue weighted by Gasteiger charge is 2.30. The number of aliphatic hydroxyl groups is 1. The highest BCUT2D eigenvalue weighted by Crippen LogP contribution is 2.45. The van der Waals surface area contributed by atoms with Gasteiger partial charge in [-0.25, -0.2) is 9.13 Å². The van der Waals surface area contributed by atoms with Gasteiger partial charge in [0.1, 0.15) is 19.3 Å². The van der Waals surface area contributed by atoms with Crippen LogP contribution < -0.4 is 0 Å². The van der Waals surface area contributed by atoms with Gasteiger partial charge in [-0.2, -0.15) is 0 Å². The van der Waals surface area contributed by atoms with Gasteiger partial charge < -0.3 is 33.8 Å². The fourth-order valence-electron chi connectivity index (χ4n) is 9.94. The lowest BCUT2D eigenvalue weighted by Crippen LogP contribution is -2.30. The van der Waals surface area contributed by atoms with Gasteiger partial charge in [-0.05, 0) is 31.6 Å². The molecule has 2 unspecified atom stereocenters. The summed E-state index contributed by atoms with van der Waals surface area (Å²) < 4.78 is 68.1. The number of rotatable bonds is 66. The van der Waals surface area contributed by atoms with Crippen LogP contribution in [0.2, 0.25) is 0 Å². The molecule has 19 heteroatoms. The number of ether oxygens (including phenoxy) is 4. The van der Waals surface area contributed by atoms with E-state index in [2.05, 4.69) is 34.6 Å². The first-order valence-electron chi connectivity index (χ1n) is 34.6. The van der Waals surface area contributed by atoms with Gasteiger partial charge in [0, 0.05) is 25.7 Å². The molecule has 5 atom stereocenters. The van der Waals surface area contributed by atoms with Gasteiger partial charge in [0.15, 0.2) is 12.2 Å². The number of hydrogen-bond donors (Lipinski definition) is 3. The molecule has 0 amide bonds. The molecule has 85 heavy (non-hydrogen) atoms. The maximum absolute atomic E-state index is 13.0. The molecule has 0 aromatic carbocycles. The lowest BCUT2D eigenvalue weighted by Gasteiger charge is -2.21. The molecule has 0 heterocycles. The number of aliphatic hydroxyl groups excluding tert-OH is 1. The molecule has 0 radical (unpaired) electrons. The zero-order valence-corrected chi connectivity index (χ0v) is 56.5. The van der Waals surface area contributed by atoms with Gasteiger partial charge in [0.25, 0.3) is 0 Å². The van der Waals surface area contributed by atoms with Crippen LogP contribution in [0, 0.1) is 5.92 Å². The summed E-state index contributed by atoms with van der Waals surface area (Å²) in [6, 6.07) is 0. The SMILES string of the molecule is CCCCCCCCCCCCCCCC(=O)OC[C@H](COP(=O)(O)OC[C@@H](O)COP(=O)(O)OC[C@@H](COC(=O)CCCCCCCCCC)OC(=O)CCCCCCCCCCCCC)OC(=O)CCCCCCCCCCCCC(C)C. The van der Waals surface area contributed by atoms with E-state index in [1.54, 1.807) is 0 Å². The quantitative estimate of drug-likeness (QED) is 0.0222. The highest BCUT2D eigenvalue weighted by molar-refractivity contribution is 7.47. The predicted molar refractivity (Wildman–Crippen MR) is 340 cm³/mol. The van der Waals surface area contributed by atoms with E-state index in [0.717, 1.165) is 102 Å². The monoisotopic (exact) mass is 1250 g/mol. The summed E-state index contributed by atoms with van der Waals surface area (Å²) in [5.41, 5.74) is 0. The molecule has 0 spiro atoms. The number of unbranched alkanes of at least 4 members (excludes halogenated alkanes) is 38. The molecule has 3 N–H and O–H groups in total. The first kappa shape index (κ1) is 83.1. The van der Waals surface area contributed by atoms with Gasteiger partial charge in [-0.15, -0.1) is 0 Å². The molecule has 0 fully saturated rings. The Morgan fingerprint density at radius 2 is 0.541 bits per heavy atom. The van der Waals surface area contributed by atoms with E-state index in [9.17, 15) is 43.2 Å². The number of phosphoric acid groups is 2. The molecule has 0 saturated carbocycles. The van der Waals surface area contributed by atoms with Crippen molar-refractivity contribution in [2.45, 2.75) is 355 Å². The van der Waals surface area contributed by atoms with E-state index < -0.39 is 97.5 Å². The Labute approximate surface area is 517 Å². The van der Waals surface area contributed by atoms with Gasteiger partial charge >= 0.3 is 39.5 Å². The first-order chi connectivity index (χ1) is 41.0. The molecule has 0 aliphatic carbocycles. The van der Waals surface area contributed by atoms with Crippen LogP contribution in [0.15, 0.2) is 0 Å². The second-order valence-corrected chi connectivity index (χ2v) is 27.2. The number of esters is 4. The summed E-state index contributed by atoms with van der Waals surface area (Å²) >= 11 is 0. The normalized spacial score (nSPS) is 14.2. The molecule has 0 bridgehead atoms. The van der Waals surface area contributed by atoms with Gasteiger partial charge in [0.05, 0.1) is 26.4 Å². The van der Waals surface area contributed by atoms with Crippen molar-refractivity contribution in [1.82, 2.24) is 0 Å². The topological polar surface area (TPSA) is 237 Å². The van der Waals surface area contributed by atoms with Crippen molar-refractivity contribution in [2.75, 3.05) is 39.6 Å². The van der Waals surface area contributed by atoms with Crippen LogP contribution in [-0.2, 0) is 65.4 Å². The zero-order valence-electron chi connectivity index (χ0n) is 54.7. The lowest BCUT2D eigenvalue weighted by molar-refractivity contribution is -0.161. The Balaban J connectivity index is 5.23. The molecule has 0 aliphatic rings. The third kappa shape index (κ3) is 60.7. The molecular weight excluding hydrogens is 1130 g/mol. The minimum atomic E-state index is -4.95. The van der Waals surface area contributed by atoms with E-state index in [1.807, 2.05) is 0 Å². The second kappa shape index (κ2) is 59.7. The predicted octanol–water partition coefficient (Wildman–Crippen LogP) is 18.6. The maximum atomic E-state index is 13.0. The zero-order chi connectivity index (χ0) is 62.8. The summed E-state index contributed by atoms with van der Waals surface area (Å²) in [6.45, 7) is 7.18. The lowest BCUT2D eigenvalue weighted by atomic mass is 10.0. The maximum Gasteiger partial charge on any atom is 0.472 e. The summed E-state index contributed by atoms with van der Waals surface area (Å²) in [5, 5.41) is 10.5. The van der Waals surface area contributed by atoms with Crippen LogP contribution in [-0.4, -0.2) is 96.7 Å². The van der Waals surface area contributed by atoms with Crippen molar-refractivity contribution in [3.8, 4) is 0 Å². The summed E-state index contributed by atoms with van der Waals surface area (Å²) in [4.78, 5) is 72.3. The van der Waals surface area contributed by atoms with E-state index in [1.165, 1.54) is 154 Å². The third-order valence-electron chi connectivity index (χ3n) is 15.3. The van der Waals surface area contributed by atoms with Crippen molar-refractivity contribution in [2.24, 2.45) is 5.92 Å². The second-order valence-electron chi connectivity index (χ2n) is 24.3. The van der Waals surface area contributed by atoms with Crippen molar-refractivity contribution in [1.29, 1.82) is 0 Å². The van der Waals surface area contributed by atoms with Crippen molar-refractivity contribution in [3.63, 3.8) is 0 Å². The summed E-state index contributed by atoms with van der Waals surface area (Å²) in [7, 11) is -9.89. The molecule has 0 aliphatic heterocycles. The number of hydrogen-bond acceptors (Lipinski definition) is 15. The molecule has 0 saturated heterocycles. The van der Waals surface area contributed by atoms with Crippen LogP contribution in [0.25, 0.3) is 0 Å². The highest BCUT2D eigenvalue weighted by atomic mass is 31.2. The van der Waals surface area contributed by atoms with Crippen LogP contribution in [0.5, 0.6) is 0 Å². The summed E-state index contributed by atoms with van der Waals surface area (Å²) in [5.74, 6) is -1.38. The average molecular weight is 1260 g/mol. The molecule has 17 nitrogen and oxygen atoms in total. The standard InChI is InChI=1S/C66H128O17P2/c1-6-9-12-15-18-21-23-24-26-30-35-40-45-50-64(69)77-56-62(83-66(71)52-47-42-37-32-28-27-29-33-38-43-48-59(4)5)58-81-85(74,75)79-54-60(67)53-78-84(72,73)80-57-61(55-76-63(68)49-44-39-34-20-17-14-11-8-3)82-65(70)51-46-41-36-31-25-22-19-16-13-10-7-2/h59-62,67H,6-58H2,1-5H3,(H,72,73)(H,74,75)/t60-,61+,62+/m0/s1. The largest absolute Gasteiger partial charge is 0.472 e. The van der Waals surface area contributed by atoms with Crippen molar-refractivity contribution in [3.05, 3.63) is 0 Å². The Hall–Kier alpha value is -1.94. The number of phosphoric ester groups is 2. The van der Waals surface area contributed by atoms with E-state index >= 15 is 0 Å². The Morgan fingerprint density at radius 3 is 0.800 bits per heavy atom. The molecule has 0 aromatic rings. The number of carbonyl (C=O) groups is 4. The summed E-state index contributed by atoms with van der Waals surface area (Å²) in [6.07, 6.45) is 44.3. The van der Waals surface area contributed by atoms with Crippen LogP contribution in [0.4, 0.5) is 0 Å². The third-order valence-corrected chi connectivity index (χ3v) is 17.2. The van der Waals surface area contributed by atoms with Crippen LogP contribution in [0.3, 0.4) is 0 Å². The minimum Gasteiger partial charge on any atom is -0.462 e. The van der Waals surface area contributed by atoms with Crippen LogP contribution >= 0.6 is 15.6 Å². The fraction of sp³-hybridized carbons (Fsp3) is 0.939. The first-order valence-corrected chi connectivity index (χ1v) is 37.6. The van der Waals surface area contributed by atoms with Crippen molar-refractivity contribution < 1.29 is 80.2 Å². The Morgan fingerprint density at radius 1 is 0.318 bits per heavy atom. The van der Waals surface area contributed by atoms with E-state index in [0.29, 0.717) is 25.7 Å². The number of carbonyl (C=O) groups excluding carboxylic acids is 4. The van der Waals surface area contributed by atoms with E-state index in [4.69, 9.17) is 37.0 Å². The smallest absolute Gasteiger partial charge is 0.462 e. The van der Waals surface area contributed by atoms with Gasteiger partial charge in [0.2, 0.25) is 0 Å². The van der Waals surface area contributed by atoms with E-state index in [-0.39, 0.29) is 25.7 Å². The fourth-order valence-corrected chi connectivity index (χ4v) is 11.5.